The van der Waals surface area contributed by atoms with Gasteiger partial charge in [-0.25, -0.2) is 0 Å². The van der Waals surface area contributed by atoms with E-state index in [-0.39, 0.29) is 18.4 Å². The van der Waals surface area contributed by atoms with Gasteiger partial charge in [0.15, 0.2) is 0 Å². The van der Waals surface area contributed by atoms with Gasteiger partial charge >= 0.3 is 0 Å². The third-order valence-corrected chi connectivity index (χ3v) is 7.84. The van der Waals surface area contributed by atoms with Crippen molar-refractivity contribution in [2.75, 3.05) is 20.2 Å². The lowest BCUT2D eigenvalue weighted by molar-refractivity contribution is -0.141. The van der Waals surface area contributed by atoms with Gasteiger partial charge in [0.05, 0.1) is 20.2 Å². The molecular formula is C34H45N3O3. The molecule has 1 fully saturated rings. The minimum Gasteiger partial charge on any atom is -0.497 e. The molecule has 0 N–H and O–H groups in total. The van der Waals surface area contributed by atoms with Crippen LogP contribution in [0.15, 0.2) is 72.9 Å². The molecule has 3 aromatic rings. The Morgan fingerprint density at radius 1 is 0.900 bits per heavy atom. The number of carbonyl (C=O) groups excluding carboxylic acids is 2. The average molecular weight is 544 g/mol. The van der Waals surface area contributed by atoms with E-state index in [4.69, 9.17) is 4.74 Å². The highest BCUT2D eigenvalue weighted by Gasteiger charge is 2.24. The van der Waals surface area contributed by atoms with Crippen LogP contribution in [0.25, 0.3) is 0 Å². The van der Waals surface area contributed by atoms with Crippen molar-refractivity contribution in [1.82, 2.24) is 14.4 Å². The van der Waals surface area contributed by atoms with E-state index in [9.17, 15) is 9.59 Å². The SMILES string of the molecule is COc1cccc(Cn2cccc2CN(Cc2ccccc2)C(=O)CN(CC(C)C)C(=O)CCC2CCCC2)c1. The van der Waals surface area contributed by atoms with Crippen molar-refractivity contribution in [1.29, 1.82) is 0 Å². The molecule has 1 aliphatic rings. The highest BCUT2D eigenvalue weighted by molar-refractivity contribution is 5.85. The fourth-order valence-electron chi connectivity index (χ4n) is 5.69. The van der Waals surface area contributed by atoms with Crippen molar-refractivity contribution < 1.29 is 14.3 Å². The van der Waals surface area contributed by atoms with Gasteiger partial charge in [-0.2, -0.15) is 0 Å². The standard InChI is InChI=1S/C34H45N3O3/c1-27(2)22-36(33(38)19-18-28-11-7-8-12-28)26-34(39)37(23-29-13-5-4-6-14-29)25-31-16-10-20-35(31)24-30-15-9-17-32(21-30)40-3/h4-6,9-10,13-17,20-21,27-28H,7-8,11-12,18-19,22-26H2,1-3H3. The van der Waals surface area contributed by atoms with Gasteiger partial charge in [-0.3, -0.25) is 9.59 Å². The van der Waals surface area contributed by atoms with Crippen molar-refractivity contribution >= 4 is 11.8 Å². The smallest absolute Gasteiger partial charge is 0.242 e. The summed E-state index contributed by atoms with van der Waals surface area (Å²) in [6, 6.07) is 22.3. The normalized spacial score (nSPS) is 13.5. The summed E-state index contributed by atoms with van der Waals surface area (Å²) in [5.74, 6) is 1.87. The summed E-state index contributed by atoms with van der Waals surface area (Å²) in [7, 11) is 1.68. The summed E-state index contributed by atoms with van der Waals surface area (Å²) >= 11 is 0. The molecule has 0 saturated heterocycles. The summed E-state index contributed by atoms with van der Waals surface area (Å²) < 4.78 is 7.58. The fraction of sp³-hybridized carbons (Fsp3) is 0.471. The summed E-state index contributed by atoms with van der Waals surface area (Å²) in [6.07, 6.45) is 8.55. The van der Waals surface area contributed by atoms with Crippen LogP contribution in [0, 0.1) is 11.8 Å². The molecule has 0 spiro atoms. The zero-order valence-electron chi connectivity index (χ0n) is 24.4. The predicted octanol–water partition coefficient (Wildman–Crippen LogP) is 6.53. The lowest BCUT2D eigenvalue weighted by Crippen LogP contribution is -2.44. The van der Waals surface area contributed by atoms with Crippen LogP contribution in [0.5, 0.6) is 5.75 Å². The fourth-order valence-corrected chi connectivity index (χ4v) is 5.69. The quantitative estimate of drug-likeness (QED) is 0.232. The first kappa shape index (κ1) is 29.4. The third kappa shape index (κ3) is 8.73. The molecule has 4 rings (SSSR count). The molecule has 40 heavy (non-hydrogen) atoms. The van der Waals surface area contributed by atoms with E-state index in [1.54, 1.807) is 12.0 Å². The Kier molecular flexibility index (Phi) is 10.8. The van der Waals surface area contributed by atoms with Crippen molar-refractivity contribution in [3.63, 3.8) is 0 Å². The van der Waals surface area contributed by atoms with E-state index in [1.165, 1.54) is 25.7 Å². The molecule has 0 bridgehead atoms. The largest absolute Gasteiger partial charge is 0.497 e. The van der Waals surface area contributed by atoms with Gasteiger partial charge in [0.2, 0.25) is 11.8 Å². The highest BCUT2D eigenvalue weighted by atomic mass is 16.5. The minimum atomic E-state index is -0.0205. The van der Waals surface area contributed by atoms with Crippen LogP contribution in [-0.4, -0.2) is 46.4 Å². The summed E-state index contributed by atoms with van der Waals surface area (Å²) in [5.41, 5.74) is 3.26. The number of carbonyl (C=O) groups is 2. The Labute approximate surface area is 239 Å². The molecule has 6 heteroatoms. The topological polar surface area (TPSA) is 54.8 Å². The number of rotatable bonds is 14. The molecule has 2 aromatic carbocycles. The van der Waals surface area contributed by atoms with E-state index in [0.717, 1.165) is 29.0 Å². The van der Waals surface area contributed by atoms with Crippen LogP contribution in [0.4, 0.5) is 0 Å². The predicted molar refractivity (Wildman–Crippen MR) is 160 cm³/mol. The lowest BCUT2D eigenvalue weighted by Gasteiger charge is -2.29. The average Bonchev–Trinajstić information content (AvgIpc) is 3.63. The number of hydrogen-bond donors (Lipinski definition) is 0. The van der Waals surface area contributed by atoms with E-state index < -0.39 is 0 Å². The van der Waals surface area contributed by atoms with Crippen LogP contribution >= 0.6 is 0 Å². The van der Waals surface area contributed by atoms with Crippen LogP contribution < -0.4 is 4.74 Å². The molecule has 0 unspecified atom stereocenters. The number of benzene rings is 2. The summed E-state index contributed by atoms with van der Waals surface area (Å²) in [6.45, 7) is 6.58. The maximum absolute atomic E-state index is 13.9. The van der Waals surface area contributed by atoms with E-state index in [0.29, 0.717) is 44.4 Å². The van der Waals surface area contributed by atoms with Crippen LogP contribution in [0.1, 0.15) is 69.2 Å². The molecule has 214 valence electrons. The minimum absolute atomic E-state index is 0.0205. The number of methoxy groups -OCH3 is 1. The Morgan fingerprint density at radius 3 is 2.38 bits per heavy atom. The maximum atomic E-state index is 13.9. The lowest BCUT2D eigenvalue weighted by atomic mass is 10.0. The highest BCUT2D eigenvalue weighted by Crippen LogP contribution is 2.29. The summed E-state index contributed by atoms with van der Waals surface area (Å²) in [5, 5.41) is 0. The van der Waals surface area contributed by atoms with E-state index in [1.807, 2.05) is 59.5 Å². The van der Waals surface area contributed by atoms with E-state index >= 15 is 0 Å². The number of hydrogen-bond acceptors (Lipinski definition) is 3. The first-order valence-electron chi connectivity index (χ1n) is 14.8. The molecule has 2 amide bonds. The van der Waals surface area contributed by atoms with Gasteiger partial charge in [-0.05, 0) is 53.6 Å². The Bertz CT molecular complexity index is 1210. The van der Waals surface area contributed by atoms with Gasteiger partial charge in [-0.15, -0.1) is 0 Å². The van der Waals surface area contributed by atoms with Gasteiger partial charge in [0.1, 0.15) is 5.75 Å². The second kappa shape index (κ2) is 14.7. The molecule has 1 aliphatic carbocycles. The van der Waals surface area contributed by atoms with Crippen LogP contribution in [0.2, 0.25) is 0 Å². The first-order chi connectivity index (χ1) is 19.4. The van der Waals surface area contributed by atoms with Crippen LogP contribution in [0.3, 0.4) is 0 Å². The molecule has 0 aliphatic heterocycles. The van der Waals surface area contributed by atoms with Crippen molar-refractivity contribution in [3.8, 4) is 5.75 Å². The maximum Gasteiger partial charge on any atom is 0.242 e. The molecule has 1 heterocycles. The van der Waals surface area contributed by atoms with Crippen LogP contribution in [-0.2, 0) is 29.2 Å². The Balaban J connectivity index is 1.49. The molecule has 1 saturated carbocycles. The van der Waals surface area contributed by atoms with Gasteiger partial charge in [0.25, 0.3) is 0 Å². The second-order valence-electron chi connectivity index (χ2n) is 11.6. The van der Waals surface area contributed by atoms with Crippen molar-refractivity contribution in [2.45, 2.75) is 72.0 Å². The van der Waals surface area contributed by atoms with Gasteiger partial charge in [0, 0.05) is 37.9 Å². The zero-order chi connectivity index (χ0) is 28.3. The molecular weight excluding hydrogens is 498 g/mol. The zero-order valence-corrected chi connectivity index (χ0v) is 24.4. The number of ether oxygens (including phenoxy) is 1. The molecule has 0 radical (unpaired) electrons. The van der Waals surface area contributed by atoms with Crippen molar-refractivity contribution in [2.24, 2.45) is 11.8 Å². The first-order valence-corrected chi connectivity index (χ1v) is 14.8. The second-order valence-corrected chi connectivity index (χ2v) is 11.6. The van der Waals surface area contributed by atoms with E-state index in [2.05, 4.69) is 36.7 Å². The number of aromatic nitrogens is 1. The van der Waals surface area contributed by atoms with Gasteiger partial charge in [-0.1, -0.05) is 82.0 Å². The number of amides is 2. The summed E-state index contributed by atoms with van der Waals surface area (Å²) in [4.78, 5) is 30.9. The van der Waals surface area contributed by atoms with Gasteiger partial charge < -0.3 is 19.1 Å². The monoisotopic (exact) mass is 543 g/mol. The molecule has 0 atom stereocenters. The third-order valence-electron chi connectivity index (χ3n) is 7.84. The van der Waals surface area contributed by atoms with Crippen molar-refractivity contribution in [3.05, 3.63) is 89.7 Å². The number of nitrogens with zero attached hydrogens (tertiary/aromatic N) is 3. The Morgan fingerprint density at radius 2 is 1.65 bits per heavy atom. The Hall–Kier alpha value is -3.54. The molecule has 6 nitrogen and oxygen atoms in total. The molecule has 1 aromatic heterocycles.